The van der Waals surface area contributed by atoms with Gasteiger partial charge in [0.25, 0.3) is 0 Å². The van der Waals surface area contributed by atoms with Crippen LogP contribution in [0.5, 0.6) is 0 Å². The Morgan fingerprint density at radius 1 is 1.43 bits per heavy atom. The summed E-state index contributed by atoms with van der Waals surface area (Å²) in [5.41, 5.74) is 1.05. The molecule has 1 atom stereocenters. The van der Waals surface area contributed by atoms with Gasteiger partial charge < -0.3 is 20.1 Å². The topological polar surface area (TPSA) is 73.7 Å². The van der Waals surface area contributed by atoms with E-state index in [-0.39, 0.29) is 17.4 Å². The molecular weight excluding hydrogens is 288 g/mol. The van der Waals surface area contributed by atoms with Crippen molar-refractivity contribution in [2.24, 2.45) is 5.92 Å². The summed E-state index contributed by atoms with van der Waals surface area (Å²) in [6.45, 7) is 8.82. The van der Waals surface area contributed by atoms with Gasteiger partial charge in [-0.3, -0.25) is 4.79 Å². The van der Waals surface area contributed by atoms with Gasteiger partial charge in [0, 0.05) is 18.4 Å². The second kappa shape index (κ2) is 6.58. The number of hydrogen-bond acceptors (Lipinski definition) is 4. The van der Waals surface area contributed by atoms with Crippen LogP contribution in [0, 0.1) is 5.92 Å². The van der Waals surface area contributed by atoms with Gasteiger partial charge in [-0.15, -0.1) is 11.3 Å². The molecule has 0 aromatic carbocycles. The molecule has 1 aromatic rings. The Morgan fingerprint density at radius 3 is 2.71 bits per heavy atom. The zero-order valence-electron chi connectivity index (χ0n) is 12.7. The lowest BCUT2D eigenvalue weighted by Gasteiger charge is -2.23. The molecule has 1 amide bonds. The minimum Gasteiger partial charge on any atom is -0.545 e. The van der Waals surface area contributed by atoms with Gasteiger partial charge in [-0.1, -0.05) is 13.8 Å². The molecule has 0 fully saturated rings. The first-order chi connectivity index (χ1) is 9.92. The molecule has 0 aliphatic carbocycles. The summed E-state index contributed by atoms with van der Waals surface area (Å²) in [7, 11) is 0. The van der Waals surface area contributed by atoms with Gasteiger partial charge in [0.1, 0.15) is 11.5 Å². The van der Waals surface area contributed by atoms with E-state index in [1.54, 1.807) is 0 Å². The van der Waals surface area contributed by atoms with Gasteiger partial charge in [-0.05, 0) is 18.4 Å². The number of amides is 1. The maximum Gasteiger partial charge on any atom is 0.225 e. The summed E-state index contributed by atoms with van der Waals surface area (Å²) in [4.78, 5) is 25.9. The fourth-order valence-corrected chi connectivity index (χ4v) is 4.01. The predicted molar refractivity (Wildman–Crippen MR) is 80.5 cm³/mol. The van der Waals surface area contributed by atoms with Gasteiger partial charge in [0.2, 0.25) is 5.91 Å². The quantitative estimate of drug-likeness (QED) is 0.807. The summed E-state index contributed by atoms with van der Waals surface area (Å²) < 4.78 is 0. The zero-order chi connectivity index (χ0) is 15.6. The monoisotopic (exact) mass is 310 g/mol. The van der Waals surface area contributed by atoms with Gasteiger partial charge in [0.15, 0.2) is 0 Å². The average Bonchev–Trinajstić information content (AvgIpc) is 2.73. The Hall–Kier alpha value is -1.40. The Labute approximate surface area is 129 Å². The Morgan fingerprint density at radius 2 is 2.14 bits per heavy atom. The van der Waals surface area contributed by atoms with Crippen LogP contribution in [0.25, 0.3) is 0 Å². The highest BCUT2D eigenvalue weighted by molar-refractivity contribution is 7.16. The highest BCUT2D eigenvalue weighted by Crippen LogP contribution is 2.34. The molecule has 21 heavy (non-hydrogen) atoms. The zero-order valence-corrected chi connectivity index (χ0v) is 13.6. The molecule has 0 saturated heterocycles. The van der Waals surface area contributed by atoms with E-state index in [9.17, 15) is 14.7 Å². The number of thiophene rings is 1. The molecule has 0 bridgehead atoms. The highest BCUT2D eigenvalue weighted by atomic mass is 32.1. The maximum absolute atomic E-state index is 11.9. The summed E-state index contributed by atoms with van der Waals surface area (Å²) in [5.74, 6) is -1.08. The number of carboxylic acids is 1. The molecule has 0 spiro atoms. The molecular formula is C15H22N2O3S. The Kier molecular flexibility index (Phi) is 5.00. The summed E-state index contributed by atoms with van der Waals surface area (Å²) in [5, 5.41) is 14.7. The van der Waals surface area contributed by atoms with Crippen LogP contribution in [0.3, 0.4) is 0 Å². The normalized spacial score (nSPS) is 17.6. The number of carboxylic acid groups (broad SMARTS) is 1. The van der Waals surface area contributed by atoms with Crippen LogP contribution in [0.15, 0.2) is 0 Å². The van der Waals surface area contributed by atoms with Crippen molar-refractivity contribution < 1.29 is 19.6 Å². The lowest BCUT2D eigenvalue weighted by atomic mass is 10.0. The number of fused-ring (bicyclic) bond motifs is 1. The number of hydrogen-bond donors (Lipinski definition) is 2. The average molecular weight is 310 g/mol. The summed E-state index contributed by atoms with van der Waals surface area (Å²) in [6.07, 6.45) is 1.12. The van der Waals surface area contributed by atoms with Crippen molar-refractivity contribution in [1.29, 1.82) is 0 Å². The molecule has 6 heteroatoms. The first kappa shape index (κ1) is 16.0. The molecule has 1 aliphatic rings. The molecule has 1 aliphatic heterocycles. The SMILES string of the molecule is CC[NH+]1CCc2c(sc(NC(=O)CC(C)C)c2C(=O)[O-])C1. The third-order valence-corrected chi connectivity index (χ3v) is 4.93. The van der Waals surface area contributed by atoms with Crippen molar-refractivity contribution >= 4 is 28.2 Å². The van der Waals surface area contributed by atoms with Gasteiger partial charge in [-0.2, -0.15) is 0 Å². The van der Waals surface area contributed by atoms with Crippen LogP contribution in [0.1, 0.15) is 48.0 Å². The molecule has 116 valence electrons. The third-order valence-electron chi connectivity index (χ3n) is 3.78. The standard InChI is InChI=1S/C15H22N2O3S/c1-4-17-6-5-10-11(8-17)21-14(13(10)15(19)20)16-12(18)7-9(2)3/h9H,4-8H2,1-3H3,(H,16,18)(H,19,20). The van der Waals surface area contributed by atoms with E-state index in [0.717, 1.165) is 36.5 Å². The number of carbonyl (C=O) groups excluding carboxylic acids is 2. The molecule has 0 radical (unpaired) electrons. The van der Waals surface area contributed by atoms with Crippen LogP contribution in [-0.4, -0.2) is 25.0 Å². The predicted octanol–water partition coefficient (Wildman–Crippen LogP) is 0.0571. The minimum atomic E-state index is -1.19. The van der Waals surface area contributed by atoms with E-state index in [0.29, 0.717) is 11.4 Å². The van der Waals surface area contributed by atoms with E-state index in [4.69, 9.17) is 0 Å². The van der Waals surface area contributed by atoms with E-state index in [1.165, 1.54) is 16.2 Å². The van der Waals surface area contributed by atoms with Gasteiger partial charge in [-0.25, -0.2) is 0 Å². The van der Waals surface area contributed by atoms with Crippen LogP contribution in [0.4, 0.5) is 5.00 Å². The first-order valence-corrected chi connectivity index (χ1v) is 8.23. The van der Waals surface area contributed by atoms with Crippen molar-refractivity contribution in [3.63, 3.8) is 0 Å². The number of likely N-dealkylation sites (N-methyl/N-ethyl adjacent to an activating group) is 1. The molecule has 2 rings (SSSR count). The lowest BCUT2D eigenvalue weighted by Crippen LogP contribution is -3.11. The number of aromatic carboxylic acids is 1. The molecule has 0 saturated carbocycles. The van der Waals surface area contributed by atoms with E-state index >= 15 is 0 Å². The number of anilines is 1. The maximum atomic E-state index is 11.9. The van der Waals surface area contributed by atoms with Crippen LogP contribution in [-0.2, 0) is 17.8 Å². The van der Waals surface area contributed by atoms with E-state index in [2.05, 4.69) is 12.2 Å². The number of rotatable bonds is 5. The van der Waals surface area contributed by atoms with Crippen molar-refractivity contribution in [1.82, 2.24) is 0 Å². The van der Waals surface area contributed by atoms with Crippen molar-refractivity contribution in [2.75, 3.05) is 18.4 Å². The fraction of sp³-hybridized carbons (Fsp3) is 0.600. The molecule has 1 aromatic heterocycles. The first-order valence-electron chi connectivity index (χ1n) is 7.41. The number of quaternary nitrogens is 1. The highest BCUT2D eigenvalue weighted by Gasteiger charge is 2.27. The van der Waals surface area contributed by atoms with E-state index in [1.807, 2.05) is 13.8 Å². The van der Waals surface area contributed by atoms with Crippen molar-refractivity contribution in [3.05, 3.63) is 16.0 Å². The molecule has 1 unspecified atom stereocenters. The smallest absolute Gasteiger partial charge is 0.225 e. The van der Waals surface area contributed by atoms with Crippen LogP contribution in [0.2, 0.25) is 0 Å². The Balaban J connectivity index is 2.27. The van der Waals surface area contributed by atoms with Gasteiger partial charge >= 0.3 is 0 Å². The Bertz CT molecular complexity index is 551. The summed E-state index contributed by atoms with van der Waals surface area (Å²) >= 11 is 1.39. The lowest BCUT2D eigenvalue weighted by molar-refractivity contribution is -0.913. The van der Waals surface area contributed by atoms with Crippen molar-refractivity contribution in [3.8, 4) is 0 Å². The summed E-state index contributed by atoms with van der Waals surface area (Å²) in [6, 6.07) is 0. The number of carbonyl (C=O) groups is 2. The number of nitrogens with one attached hydrogen (secondary N) is 2. The van der Waals surface area contributed by atoms with Crippen LogP contribution >= 0.6 is 11.3 Å². The fourth-order valence-electron chi connectivity index (χ4n) is 2.69. The molecule has 5 nitrogen and oxygen atoms in total. The van der Waals surface area contributed by atoms with E-state index < -0.39 is 5.97 Å². The molecule has 2 heterocycles. The second-order valence-corrected chi connectivity index (χ2v) is 7.03. The molecule has 2 N–H and O–H groups in total. The minimum absolute atomic E-state index is 0.134. The second-order valence-electron chi connectivity index (χ2n) is 5.92. The van der Waals surface area contributed by atoms with Crippen LogP contribution < -0.4 is 15.3 Å². The largest absolute Gasteiger partial charge is 0.545 e. The van der Waals surface area contributed by atoms with Crippen molar-refractivity contribution in [2.45, 2.75) is 40.2 Å². The van der Waals surface area contributed by atoms with Gasteiger partial charge in [0.05, 0.1) is 23.9 Å². The third kappa shape index (κ3) is 3.63.